The minimum atomic E-state index is -3.00. The van der Waals surface area contributed by atoms with Crippen molar-refractivity contribution in [2.45, 2.75) is 108 Å². The van der Waals surface area contributed by atoms with Gasteiger partial charge in [0.25, 0.3) is 0 Å². The van der Waals surface area contributed by atoms with E-state index in [4.69, 9.17) is 0 Å². The maximum atomic E-state index is 4.00. The van der Waals surface area contributed by atoms with Crippen LogP contribution in [0.1, 0.15) is 25.3 Å². The summed E-state index contributed by atoms with van der Waals surface area (Å²) in [5, 5.41) is 0. The van der Waals surface area contributed by atoms with Crippen molar-refractivity contribution in [2.75, 3.05) is 0 Å². The van der Waals surface area contributed by atoms with Crippen molar-refractivity contribution in [1.82, 2.24) is 0 Å². The third-order valence-corrected chi connectivity index (χ3v) is 110. The fourth-order valence-electron chi connectivity index (χ4n) is 8.59. The Bertz CT molecular complexity index is 805. The van der Waals surface area contributed by atoms with Gasteiger partial charge in [0.05, 0.1) is 0 Å². The maximum absolute atomic E-state index is 4.00. The van der Waals surface area contributed by atoms with Crippen LogP contribution in [0.25, 0.3) is 0 Å². The molecule has 0 nitrogen and oxygen atoms in total. The average Bonchev–Trinajstić information content (AvgIpc) is 2.92. The van der Waals surface area contributed by atoms with E-state index < -0.39 is 46.7 Å². The molecule has 2 rings (SSSR count). The van der Waals surface area contributed by atoms with Gasteiger partial charge in [0, 0.05) is 0 Å². The molecule has 0 spiro atoms. The zero-order valence-corrected chi connectivity index (χ0v) is 32.3. The van der Waals surface area contributed by atoms with E-state index in [1.54, 1.807) is 0 Å². The summed E-state index contributed by atoms with van der Waals surface area (Å²) in [4.78, 5) is 0. The van der Waals surface area contributed by atoms with Crippen molar-refractivity contribution < 1.29 is 0 Å². The van der Waals surface area contributed by atoms with Gasteiger partial charge in [0.2, 0.25) is 0 Å². The first kappa shape index (κ1) is 29.4. The molecule has 1 aliphatic rings. The van der Waals surface area contributed by atoms with E-state index in [2.05, 4.69) is 146 Å². The van der Waals surface area contributed by atoms with Gasteiger partial charge in [-0.2, -0.15) is 0 Å². The molecule has 1 aromatic rings. The molecule has 0 aliphatic carbocycles. The van der Waals surface area contributed by atoms with Gasteiger partial charge in [-0.1, -0.05) is 0 Å². The molecule has 0 amide bonds. The predicted octanol–water partition coefficient (Wildman–Crippen LogP) is 9.59. The molecule has 0 aromatic heterocycles. The van der Waals surface area contributed by atoms with E-state index in [0.29, 0.717) is 9.29 Å². The van der Waals surface area contributed by atoms with Crippen LogP contribution in [0.3, 0.4) is 0 Å². The molecule has 0 saturated carbocycles. The van der Waals surface area contributed by atoms with Crippen molar-refractivity contribution in [2.24, 2.45) is 0 Å². The van der Waals surface area contributed by atoms with Crippen LogP contribution in [-0.4, -0.2) is 46.7 Å². The molecule has 1 fully saturated rings. The molecule has 32 heavy (non-hydrogen) atoms. The van der Waals surface area contributed by atoms with Crippen LogP contribution in [0, 0.1) is 11.8 Å². The minimum absolute atomic E-state index is 0.601. The summed E-state index contributed by atoms with van der Waals surface area (Å²) in [5.74, 6) is 7.69. The molecule has 1 unspecified atom stereocenters. The monoisotopic (exact) mass is 720 g/mol. The third-order valence-electron chi connectivity index (χ3n) is 9.04. The second-order valence-electron chi connectivity index (χ2n) is 14.4. The number of rotatable bonds is 5. The first-order chi connectivity index (χ1) is 14.2. The SMILES string of the molecule is C[CH](C#Cc1ccccc1)[Sn]1([I])[C]([Si](C)(C)C)([Si](C)(C)C)CC[C]1([Si](C)(C)C)[Si](C)(C)C. The Balaban J connectivity index is 2.98. The molecule has 1 heterocycles. The number of halogens is 1. The van der Waals surface area contributed by atoms with Crippen molar-refractivity contribution in [3.63, 3.8) is 0 Å². The van der Waals surface area contributed by atoms with Crippen molar-refractivity contribution in [1.29, 1.82) is 0 Å². The Morgan fingerprint density at radius 3 is 1.38 bits per heavy atom. The number of hydrogen-bond acceptors (Lipinski definition) is 0. The van der Waals surface area contributed by atoms with E-state index in [9.17, 15) is 0 Å². The predicted molar refractivity (Wildman–Crippen MR) is 171 cm³/mol. The molecule has 6 heteroatoms. The Morgan fingerprint density at radius 1 is 0.719 bits per heavy atom. The first-order valence-electron chi connectivity index (χ1n) is 12.5. The van der Waals surface area contributed by atoms with Crippen LogP contribution < -0.4 is 0 Å². The third kappa shape index (κ3) is 4.31. The summed E-state index contributed by atoms with van der Waals surface area (Å²) in [7, 11) is -5.75. The Hall–Kier alpha value is 1.18. The van der Waals surface area contributed by atoms with Crippen LogP contribution in [0.4, 0.5) is 0 Å². The van der Waals surface area contributed by atoms with Gasteiger partial charge < -0.3 is 0 Å². The number of hydrogen-bond donors (Lipinski definition) is 0. The molecule has 0 N–H and O–H groups in total. The van der Waals surface area contributed by atoms with Crippen LogP contribution >= 0.6 is 18.6 Å². The van der Waals surface area contributed by atoms with E-state index in [1.165, 1.54) is 18.4 Å². The summed E-state index contributed by atoms with van der Waals surface area (Å²) in [6.07, 6.45) is 3.06. The summed E-state index contributed by atoms with van der Waals surface area (Å²) in [6.45, 7) is 35.6. The van der Waals surface area contributed by atoms with Gasteiger partial charge in [-0.15, -0.1) is 0 Å². The zero-order valence-electron chi connectivity index (χ0n) is 23.3. The fraction of sp³-hybridized carbons (Fsp3) is 0.692. The molecule has 1 atom stereocenters. The second-order valence-corrected chi connectivity index (χ2v) is 65.3. The molecule has 1 aromatic carbocycles. The molecular formula is C26H49ISi4Sn. The quantitative estimate of drug-likeness (QED) is 0.162. The molecular weight excluding hydrogens is 670 g/mol. The molecule has 180 valence electrons. The zero-order chi connectivity index (χ0) is 25.0. The Morgan fingerprint density at radius 2 is 1.06 bits per heavy atom. The topological polar surface area (TPSA) is 0 Å². The Labute approximate surface area is 218 Å². The summed E-state index contributed by atoms with van der Waals surface area (Å²) in [5.41, 5.74) is 1.20. The second kappa shape index (κ2) is 9.24. The molecule has 1 aliphatic heterocycles. The van der Waals surface area contributed by atoms with Gasteiger partial charge in [0.15, 0.2) is 0 Å². The van der Waals surface area contributed by atoms with Crippen molar-refractivity contribution in [3.8, 4) is 11.8 Å². The van der Waals surface area contributed by atoms with Crippen LogP contribution in [0.5, 0.6) is 0 Å². The van der Waals surface area contributed by atoms with Crippen molar-refractivity contribution in [3.05, 3.63) is 35.9 Å². The normalized spacial score (nSPS) is 21.6. The average molecular weight is 720 g/mol. The van der Waals surface area contributed by atoms with Gasteiger partial charge in [-0.3, -0.25) is 0 Å². The van der Waals surface area contributed by atoms with E-state index in [1.807, 2.05) is 0 Å². The molecule has 0 radical (unpaired) electrons. The van der Waals surface area contributed by atoms with Gasteiger partial charge in [-0.05, 0) is 0 Å². The summed E-state index contributed by atoms with van der Waals surface area (Å²) in [6, 6.07) is 10.8. The van der Waals surface area contributed by atoms with Gasteiger partial charge in [0.1, 0.15) is 0 Å². The molecule has 1 saturated heterocycles. The standard InChI is InChI=1S/C16H40Si4.C10H9.HI.Sn/c1-17(2,3)15(18(4,5)6)13-14-16(19(7,8)9)20(10,11)12;1-2-3-7-10-8-5-4-6-9-10;;/h13-14H2,1-12H3;2,4-6,8-9H,1H3;1H;/q;;;+1/p-1. The fourth-order valence-corrected chi connectivity index (χ4v) is 166. The Kier molecular flexibility index (Phi) is 8.49. The van der Waals surface area contributed by atoms with Gasteiger partial charge in [-0.25, -0.2) is 0 Å². The van der Waals surface area contributed by atoms with E-state index in [0.717, 1.165) is 0 Å². The summed E-state index contributed by atoms with van der Waals surface area (Å²) >= 11 is 0.314. The van der Waals surface area contributed by atoms with Crippen molar-refractivity contribution >= 4 is 65.3 Å². The van der Waals surface area contributed by atoms with Crippen LogP contribution in [0.15, 0.2) is 30.3 Å². The summed E-state index contributed by atoms with van der Waals surface area (Å²) < 4.78 is 1.96. The van der Waals surface area contributed by atoms with Gasteiger partial charge >= 0.3 is 221 Å². The van der Waals surface area contributed by atoms with Crippen LogP contribution in [-0.2, 0) is 0 Å². The van der Waals surface area contributed by atoms with E-state index in [-0.39, 0.29) is 0 Å². The van der Waals surface area contributed by atoms with E-state index >= 15 is 0 Å². The van der Waals surface area contributed by atoms with Crippen LogP contribution in [0.2, 0.25) is 87.9 Å². The molecule has 0 bridgehead atoms. The first-order valence-corrected chi connectivity index (χ1v) is 39.3. The number of benzene rings is 1.